The summed E-state index contributed by atoms with van der Waals surface area (Å²) in [6.45, 7) is 0. The summed E-state index contributed by atoms with van der Waals surface area (Å²) in [6, 6.07) is 5.27. The van der Waals surface area contributed by atoms with Crippen molar-refractivity contribution in [3.05, 3.63) is 69.2 Å². The molecule has 2 aromatic carbocycles. The molecule has 0 aliphatic heterocycles. The van der Waals surface area contributed by atoms with E-state index in [2.05, 4.69) is 15.5 Å². The molecule has 0 amide bonds. The minimum Gasteiger partial charge on any atom is -0.381 e. The van der Waals surface area contributed by atoms with E-state index in [4.69, 9.17) is 11.6 Å². The van der Waals surface area contributed by atoms with Gasteiger partial charge in [-0.25, -0.2) is 17.6 Å². The van der Waals surface area contributed by atoms with Crippen LogP contribution in [0.1, 0.15) is 16.7 Å². The van der Waals surface area contributed by atoms with Gasteiger partial charge >= 0.3 is 0 Å². The second-order valence-electron chi connectivity index (χ2n) is 4.90. The van der Waals surface area contributed by atoms with Crippen LogP contribution in [-0.2, 0) is 0 Å². The van der Waals surface area contributed by atoms with E-state index < -0.39 is 29.4 Å². The van der Waals surface area contributed by atoms with Gasteiger partial charge in [0.05, 0.1) is 5.02 Å². The van der Waals surface area contributed by atoms with Crippen LogP contribution < -0.4 is 5.32 Å². The average Bonchev–Trinajstić information content (AvgIpc) is 3.03. The molecule has 0 saturated heterocycles. The van der Waals surface area contributed by atoms with Crippen molar-refractivity contribution in [2.75, 3.05) is 5.32 Å². The van der Waals surface area contributed by atoms with Crippen molar-refractivity contribution in [1.82, 2.24) is 10.2 Å². The van der Waals surface area contributed by atoms with Gasteiger partial charge in [0.1, 0.15) is 11.9 Å². The Bertz CT molecular complexity index is 914. The first-order valence-corrected chi connectivity index (χ1v) is 7.92. The number of halogens is 5. The average molecular weight is 390 g/mol. The van der Waals surface area contributed by atoms with Gasteiger partial charge in [-0.3, -0.25) is 0 Å². The molecular weight excluding hydrogens is 382 g/mol. The van der Waals surface area contributed by atoms with E-state index in [1.807, 2.05) is 0 Å². The van der Waals surface area contributed by atoms with Gasteiger partial charge in [0.2, 0.25) is 5.13 Å². The quantitative estimate of drug-likeness (QED) is 0.507. The van der Waals surface area contributed by atoms with Gasteiger partial charge in [-0.05, 0) is 35.9 Å². The fraction of sp³-hybridized carbons (Fsp3) is 0.0667. The highest BCUT2D eigenvalue weighted by atomic mass is 35.5. The molecule has 3 rings (SSSR count). The molecule has 1 unspecified atom stereocenters. The third-order valence-corrected chi connectivity index (χ3v) is 4.35. The van der Waals surface area contributed by atoms with E-state index in [9.17, 15) is 22.7 Å². The molecule has 10 heteroatoms. The first-order valence-electron chi connectivity index (χ1n) is 6.73. The summed E-state index contributed by atoms with van der Waals surface area (Å²) >= 11 is 6.57. The second-order valence-corrected chi connectivity index (χ2v) is 6.32. The summed E-state index contributed by atoms with van der Waals surface area (Å²) < 4.78 is 52.6. The number of hydrogen-bond acceptors (Lipinski definition) is 5. The second kappa shape index (κ2) is 6.95. The van der Waals surface area contributed by atoms with Crippen molar-refractivity contribution in [3.63, 3.8) is 0 Å². The number of aliphatic hydroxyl groups excluding tert-OH is 1. The molecule has 1 atom stereocenters. The maximum Gasteiger partial charge on any atom is 0.210 e. The Morgan fingerprint density at radius 3 is 2.32 bits per heavy atom. The van der Waals surface area contributed by atoms with Crippen LogP contribution in [0.2, 0.25) is 5.02 Å². The zero-order valence-electron chi connectivity index (χ0n) is 12.1. The van der Waals surface area contributed by atoms with Gasteiger partial charge < -0.3 is 10.4 Å². The molecule has 3 aromatic rings. The van der Waals surface area contributed by atoms with Crippen molar-refractivity contribution in [1.29, 1.82) is 0 Å². The number of rotatable bonds is 4. The third-order valence-electron chi connectivity index (χ3n) is 3.17. The van der Waals surface area contributed by atoms with E-state index in [1.165, 1.54) is 12.1 Å². The van der Waals surface area contributed by atoms with Crippen molar-refractivity contribution in [2.45, 2.75) is 6.10 Å². The molecule has 2 N–H and O–H groups in total. The highest BCUT2D eigenvalue weighted by Crippen LogP contribution is 2.30. The highest BCUT2D eigenvalue weighted by molar-refractivity contribution is 7.15. The summed E-state index contributed by atoms with van der Waals surface area (Å²) in [5.41, 5.74) is 0.228. The van der Waals surface area contributed by atoms with E-state index in [0.29, 0.717) is 17.8 Å². The van der Waals surface area contributed by atoms with Crippen molar-refractivity contribution in [3.8, 4) is 0 Å². The molecule has 0 bridgehead atoms. The predicted octanol–water partition coefficient (Wildman–Crippen LogP) is 4.57. The number of nitrogens with one attached hydrogen (secondary N) is 1. The Morgan fingerprint density at radius 2 is 1.68 bits per heavy atom. The Kier molecular flexibility index (Phi) is 4.89. The van der Waals surface area contributed by atoms with Gasteiger partial charge in [0.25, 0.3) is 0 Å². The van der Waals surface area contributed by atoms with Gasteiger partial charge in [0, 0.05) is 5.69 Å². The zero-order chi connectivity index (χ0) is 18.1. The predicted molar refractivity (Wildman–Crippen MR) is 85.0 cm³/mol. The van der Waals surface area contributed by atoms with Crippen LogP contribution in [0.5, 0.6) is 0 Å². The number of aromatic nitrogens is 2. The fourth-order valence-corrected chi connectivity index (χ4v) is 2.93. The van der Waals surface area contributed by atoms with E-state index in [1.54, 1.807) is 0 Å². The lowest BCUT2D eigenvalue weighted by Crippen LogP contribution is -2.02. The molecule has 0 saturated carbocycles. The third kappa shape index (κ3) is 3.73. The molecule has 0 spiro atoms. The maximum atomic E-state index is 13.3. The largest absolute Gasteiger partial charge is 0.381 e. The summed E-state index contributed by atoms with van der Waals surface area (Å²) in [6.07, 6.45) is -1.49. The number of hydrogen-bond donors (Lipinski definition) is 2. The SMILES string of the molecule is OC(c1cc(F)c(F)c(F)c1)c1nnc(Nc2ccc(F)c(Cl)c2)s1. The molecule has 0 fully saturated rings. The first kappa shape index (κ1) is 17.6. The van der Waals surface area contributed by atoms with E-state index in [0.717, 1.165) is 17.4 Å². The normalized spacial score (nSPS) is 12.2. The molecule has 0 aliphatic carbocycles. The molecule has 25 heavy (non-hydrogen) atoms. The standard InChI is InChI=1S/C15H8ClF4N3OS/c16-8-5-7(1-2-9(8)17)21-15-23-22-14(25-15)13(24)6-3-10(18)12(20)11(19)4-6/h1-5,13,24H,(H,21,23). The van der Waals surface area contributed by atoms with Crippen molar-refractivity contribution >= 4 is 33.8 Å². The van der Waals surface area contributed by atoms with Crippen LogP contribution in [0.3, 0.4) is 0 Å². The topological polar surface area (TPSA) is 58.0 Å². The smallest absolute Gasteiger partial charge is 0.210 e. The number of aliphatic hydroxyl groups is 1. The van der Waals surface area contributed by atoms with Gasteiger partial charge in [-0.1, -0.05) is 22.9 Å². The molecule has 0 radical (unpaired) electrons. The monoisotopic (exact) mass is 389 g/mol. The summed E-state index contributed by atoms with van der Waals surface area (Å²) in [7, 11) is 0. The minimum atomic E-state index is -1.62. The highest BCUT2D eigenvalue weighted by Gasteiger charge is 2.20. The lowest BCUT2D eigenvalue weighted by atomic mass is 10.1. The molecule has 0 aliphatic rings. The molecule has 1 heterocycles. The van der Waals surface area contributed by atoms with Crippen LogP contribution in [0.4, 0.5) is 28.4 Å². The molecule has 1 aromatic heterocycles. The summed E-state index contributed by atoms with van der Waals surface area (Å²) in [5.74, 6) is -5.04. The van der Waals surface area contributed by atoms with Gasteiger partial charge in [-0.2, -0.15) is 0 Å². The van der Waals surface area contributed by atoms with Crippen molar-refractivity contribution in [2.24, 2.45) is 0 Å². The van der Waals surface area contributed by atoms with E-state index in [-0.39, 0.29) is 20.7 Å². The van der Waals surface area contributed by atoms with Crippen LogP contribution in [0, 0.1) is 23.3 Å². The Balaban J connectivity index is 1.82. The van der Waals surface area contributed by atoms with Gasteiger partial charge in [-0.15, -0.1) is 10.2 Å². The lowest BCUT2D eigenvalue weighted by Gasteiger charge is -2.08. The van der Waals surface area contributed by atoms with Gasteiger partial charge in [0.15, 0.2) is 22.5 Å². The molecule has 4 nitrogen and oxygen atoms in total. The van der Waals surface area contributed by atoms with Crippen LogP contribution in [0.15, 0.2) is 30.3 Å². The maximum absolute atomic E-state index is 13.3. The number of nitrogens with zero attached hydrogens (tertiary/aromatic N) is 2. The Labute approximate surface area is 147 Å². The van der Waals surface area contributed by atoms with Crippen LogP contribution in [0.25, 0.3) is 0 Å². The number of benzene rings is 2. The summed E-state index contributed by atoms with van der Waals surface area (Å²) in [4.78, 5) is 0. The molecular formula is C15H8ClF4N3OS. The van der Waals surface area contributed by atoms with Crippen LogP contribution >= 0.6 is 22.9 Å². The number of anilines is 2. The summed E-state index contributed by atoms with van der Waals surface area (Å²) in [5, 5.41) is 20.6. The lowest BCUT2D eigenvalue weighted by molar-refractivity contribution is 0.217. The molecule has 130 valence electrons. The fourth-order valence-electron chi connectivity index (χ4n) is 1.97. The Morgan fingerprint density at radius 1 is 1.00 bits per heavy atom. The van der Waals surface area contributed by atoms with Crippen molar-refractivity contribution < 1.29 is 22.7 Å². The van der Waals surface area contributed by atoms with Crippen LogP contribution in [-0.4, -0.2) is 15.3 Å². The minimum absolute atomic E-state index is 0.0288. The zero-order valence-corrected chi connectivity index (χ0v) is 13.7. The van der Waals surface area contributed by atoms with E-state index >= 15 is 0 Å². The Hall–Kier alpha value is -2.23. The first-order chi connectivity index (χ1) is 11.8.